The molecule has 0 spiro atoms. The number of phenols is 1. The van der Waals surface area contributed by atoms with Crippen LogP contribution in [0.1, 0.15) is 23.6 Å². The highest BCUT2D eigenvalue weighted by Crippen LogP contribution is 2.35. The normalized spacial score (nSPS) is 11.3. The van der Waals surface area contributed by atoms with Crippen LogP contribution in [0.2, 0.25) is 0 Å². The fourth-order valence-electron chi connectivity index (χ4n) is 2.63. The van der Waals surface area contributed by atoms with E-state index in [0.29, 0.717) is 5.75 Å². The number of para-hydroxylation sites is 3. The fraction of sp³-hybridized carbons (Fsp3) is 0.143. The molecule has 1 aliphatic rings. The SMILES string of the molecule is CCc1ccccc1O.c1ccc2c(c1)Cc1ccccc1O2. The molecule has 3 aromatic rings. The Bertz CT molecular complexity index is 706. The summed E-state index contributed by atoms with van der Waals surface area (Å²) in [6, 6.07) is 23.8. The van der Waals surface area contributed by atoms with Crippen LogP contribution in [-0.4, -0.2) is 5.11 Å². The largest absolute Gasteiger partial charge is 0.508 e. The van der Waals surface area contributed by atoms with Crippen molar-refractivity contribution in [3.05, 3.63) is 89.5 Å². The Labute approximate surface area is 137 Å². The second-order valence-corrected chi connectivity index (χ2v) is 5.48. The molecule has 2 heteroatoms. The molecule has 23 heavy (non-hydrogen) atoms. The van der Waals surface area contributed by atoms with Gasteiger partial charge in [0.25, 0.3) is 0 Å². The smallest absolute Gasteiger partial charge is 0.130 e. The topological polar surface area (TPSA) is 29.5 Å². The van der Waals surface area contributed by atoms with Crippen LogP contribution in [0.3, 0.4) is 0 Å². The molecule has 1 heterocycles. The molecule has 3 aromatic carbocycles. The molecule has 0 aliphatic carbocycles. The molecule has 1 N–H and O–H groups in total. The van der Waals surface area contributed by atoms with Gasteiger partial charge < -0.3 is 9.84 Å². The first-order valence-corrected chi connectivity index (χ1v) is 7.88. The number of hydrogen-bond donors (Lipinski definition) is 1. The van der Waals surface area contributed by atoms with Gasteiger partial charge in [0.05, 0.1) is 0 Å². The highest BCUT2D eigenvalue weighted by molar-refractivity contribution is 5.49. The third-order valence-electron chi connectivity index (χ3n) is 3.92. The van der Waals surface area contributed by atoms with Crippen molar-refractivity contribution in [3.63, 3.8) is 0 Å². The summed E-state index contributed by atoms with van der Waals surface area (Å²) in [5.41, 5.74) is 3.55. The quantitative estimate of drug-likeness (QED) is 0.514. The van der Waals surface area contributed by atoms with E-state index in [0.717, 1.165) is 29.9 Å². The zero-order valence-electron chi connectivity index (χ0n) is 13.2. The van der Waals surface area contributed by atoms with Gasteiger partial charge in [0.2, 0.25) is 0 Å². The van der Waals surface area contributed by atoms with Crippen molar-refractivity contribution in [1.82, 2.24) is 0 Å². The number of fused-ring (bicyclic) bond motifs is 2. The Morgan fingerprint density at radius 2 is 1.30 bits per heavy atom. The van der Waals surface area contributed by atoms with E-state index in [4.69, 9.17) is 9.84 Å². The van der Waals surface area contributed by atoms with Crippen molar-refractivity contribution in [2.24, 2.45) is 0 Å². The van der Waals surface area contributed by atoms with Gasteiger partial charge in [0.1, 0.15) is 17.2 Å². The Hall–Kier alpha value is -2.74. The lowest BCUT2D eigenvalue weighted by molar-refractivity contribution is 0.460. The summed E-state index contributed by atoms with van der Waals surface area (Å²) in [4.78, 5) is 0. The van der Waals surface area contributed by atoms with Crippen molar-refractivity contribution >= 4 is 0 Å². The molecule has 0 fully saturated rings. The van der Waals surface area contributed by atoms with Gasteiger partial charge in [-0.3, -0.25) is 0 Å². The van der Waals surface area contributed by atoms with Crippen molar-refractivity contribution in [2.45, 2.75) is 19.8 Å². The van der Waals surface area contributed by atoms with Crippen LogP contribution in [0, 0.1) is 0 Å². The van der Waals surface area contributed by atoms with Gasteiger partial charge in [-0.25, -0.2) is 0 Å². The van der Waals surface area contributed by atoms with Crippen LogP contribution in [0.25, 0.3) is 0 Å². The van der Waals surface area contributed by atoms with Crippen LogP contribution in [0.5, 0.6) is 17.2 Å². The number of hydrogen-bond acceptors (Lipinski definition) is 2. The number of aryl methyl sites for hydroxylation is 1. The summed E-state index contributed by atoms with van der Waals surface area (Å²) in [5, 5.41) is 9.11. The summed E-state index contributed by atoms with van der Waals surface area (Å²) in [5.74, 6) is 2.39. The van der Waals surface area contributed by atoms with E-state index in [1.165, 1.54) is 11.1 Å². The maximum atomic E-state index is 9.11. The zero-order valence-corrected chi connectivity index (χ0v) is 13.2. The number of rotatable bonds is 1. The maximum Gasteiger partial charge on any atom is 0.130 e. The molecule has 1 aliphatic heterocycles. The van der Waals surface area contributed by atoms with E-state index in [2.05, 4.69) is 24.3 Å². The van der Waals surface area contributed by atoms with Gasteiger partial charge in [-0.15, -0.1) is 0 Å². The molecular formula is C21H20O2. The highest BCUT2D eigenvalue weighted by Gasteiger charge is 2.14. The number of ether oxygens (including phenoxy) is 1. The summed E-state index contributed by atoms with van der Waals surface area (Å²) >= 11 is 0. The lowest BCUT2D eigenvalue weighted by Crippen LogP contribution is -2.01. The van der Waals surface area contributed by atoms with Crippen molar-refractivity contribution in [1.29, 1.82) is 0 Å². The minimum atomic E-state index is 0.403. The lowest BCUT2D eigenvalue weighted by atomic mass is 10.0. The molecule has 0 amide bonds. The molecule has 0 atom stereocenters. The first kappa shape index (κ1) is 15.2. The fourth-order valence-corrected chi connectivity index (χ4v) is 2.63. The van der Waals surface area contributed by atoms with Gasteiger partial charge in [0.15, 0.2) is 0 Å². The second-order valence-electron chi connectivity index (χ2n) is 5.48. The number of benzene rings is 3. The molecule has 0 saturated heterocycles. The molecular weight excluding hydrogens is 284 g/mol. The Morgan fingerprint density at radius 1 is 0.783 bits per heavy atom. The first-order chi connectivity index (χ1) is 11.3. The van der Waals surface area contributed by atoms with Crippen molar-refractivity contribution in [2.75, 3.05) is 0 Å². The lowest BCUT2D eigenvalue weighted by Gasteiger charge is -2.19. The standard InChI is InChI=1S/C13H10O.C8H10O/c1-3-7-12-10(5-1)9-11-6-2-4-8-13(11)14-12;1-2-7-5-3-4-6-8(7)9/h1-8H,9H2;3-6,9H,2H2,1H3. The minimum absolute atomic E-state index is 0.403. The van der Waals surface area contributed by atoms with Crippen LogP contribution in [0.4, 0.5) is 0 Å². The number of phenolic OH excluding ortho intramolecular Hbond substituents is 1. The molecule has 0 bridgehead atoms. The predicted molar refractivity (Wildman–Crippen MR) is 93.2 cm³/mol. The third-order valence-corrected chi connectivity index (χ3v) is 3.92. The molecule has 116 valence electrons. The van der Waals surface area contributed by atoms with E-state index in [-0.39, 0.29) is 0 Å². The van der Waals surface area contributed by atoms with E-state index in [1.54, 1.807) is 6.07 Å². The first-order valence-electron chi connectivity index (χ1n) is 7.88. The number of aromatic hydroxyl groups is 1. The third kappa shape index (κ3) is 3.54. The summed E-state index contributed by atoms with van der Waals surface area (Å²) in [6.45, 7) is 2.02. The Morgan fingerprint density at radius 3 is 1.83 bits per heavy atom. The van der Waals surface area contributed by atoms with Gasteiger partial charge >= 0.3 is 0 Å². The minimum Gasteiger partial charge on any atom is -0.508 e. The second kappa shape index (κ2) is 7.01. The molecule has 0 saturated carbocycles. The highest BCUT2D eigenvalue weighted by atomic mass is 16.5. The molecule has 0 aromatic heterocycles. The van der Waals surface area contributed by atoms with Gasteiger partial charge in [0, 0.05) is 6.42 Å². The average molecular weight is 304 g/mol. The van der Waals surface area contributed by atoms with Gasteiger partial charge in [-0.1, -0.05) is 61.5 Å². The average Bonchev–Trinajstić information content (AvgIpc) is 2.61. The Balaban J connectivity index is 0.000000151. The van der Waals surface area contributed by atoms with Crippen LogP contribution >= 0.6 is 0 Å². The van der Waals surface area contributed by atoms with E-state index in [1.807, 2.05) is 49.4 Å². The van der Waals surface area contributed by atoms with Crippen LogP contribution in [-0.2, 0) is 12.8 Å². The monoisotopic (exact) mass is 304 g/mol. The van der Waals surface area contributed by atoms with E-state index >= 15 is 0 Å². The summed E-state index contributed by atoms with van der Waals surface area (Å²) in [6.07, 6.45) is 1.87. The van der Waals surface area contributed by atoms with Crippen molar-refractivity contribution in [3.8, 4) is 17.2 Å². The molecule has 4 rings (SSSR count). The van der Waals surface area contributed by atoms with Gasteiger partial charge in [-0.2, -0.15) is 0 Å². The summed E-state index contributed by atoms with van der Waals surface area (Å²) < 4.78 is 5.78. The van der Waals surface area contributed by atoms with Crippen LogP contribution < -0.4 is 4.74 Å². The van der Waals surface area contributed by atoms with Crippen LogP contribution in [0.15, 0.2) is 72.8 Å². The molecule has 0 unspecified atom stereocenters. The van der Waals surface area contributed by atoms with Gasteiger partial charge in [-0.05, 0) is 41.3 Å². The molecule has 2 nitrogen and oxygen atoms in total. The summed E-state index contributed by atoms with van der Waals surface area (Å²) in [7, 11) is 0. The van der Waals surface area contributed by atoms with E-state index in [9.17, 15) is 0 Å². The predicted octanol–water partition coefficient (Wildman–Crippen LogP) is 5.34. The maximum absolute atomic E-state index is 9.11. The van der Waals surface area contributed by atoms with E-state index < -0.39 is 0 Å². The Kier molecular flexibility index (Phi) is 4.62. The molecule has 0 radical (unpaired) electrons. The van der Waals surface area contributed by atoms with Crippen molar-refractivity contribution < 1.29 is 9.84 Å². The zero-order chi connectivity index (χ0) is 16.1.